The maximum absolute atomic E-state index is 10.1. The van der Waals surface area contributed by atoms with Gasteiger partial charge in [0.1, 0.15) is 0 Å². The number of rotatable bonds is 1. The number of esters is 1. The molecule has 4 nitrogen and oxygen atoms in total. The predicted molar refractivity (Wildman–Crippen MR) is 26.9 cm³/mol. The number of carbonyl (C=O) groups is 1. The molecule has 8 heavy (non-hydrogen) atoms. The fourth-order valence-electron chi connectivity index (χ4n) is 0.163. The van der Waals surface area contributed by atoms with Gasteiger partial charge in [0, 0.05) is 0 Å². The highest BCUT2D eigenvalue weighted by Crippen LogP contribution is 1.87. The summed E-state index contributed by atoms with van der Waals surface area (Å²) in [6.45, 7) is 0. The molecule has 2 radical (unpaired) electrons. The van der Waals surface area contributed by atoms with E-state index < -0.39 is 11.6 Å². The van der Waals surface area contributed by atoms with Crippen molar-refractivity contribution in [3.63, 3.8) is 0 Å². The summed E-state index contributed by atoms with van der Waals surface area (Å²) in [6.07, 6.45) is 0. The Balaban J connectivity index is 3.82. The molecule has 0 aromatic carbocycles. The van der Waals surface area contributed by atoms with Crippen LogP contribution in [0.1, 0.15) is 0 Å². The van der Waals surface area contributed by atoms with Crippen molar-refractivity contribution >= 4 is 13.8 Å². The van der Waals surface area contributed by atoms with Crippen molar-refractivity contribution in [2.45, 2.75) is 5.62 Å². The molecular weight excluding hydrogens is 109 g/mol. The standard InChI is InChI=1S/C3H6BNO3/c1-8-2(6)3(4,5)7/h7H,5H2,1H3. The second-order valence-electron chi connectivity index (χ2n) is 1.32. The molecular formula is C3H6BNO3. The second kappa shape index (κ2) is 2.15. The van der Waals surface area contributed by atoms with Crippen LogP contribution in [0.5, 0.6) is 0 Å². The molecule has 0 aliphatic heterocycles. The van der Waals surface area contributed by atoms with E-state index in [0.717, 1.165) is 7.11 Å². The third kappa shape index (κ3) is 1.95. The van der Waals surface area contributed by atoms with Crippen molar-refractivity contribution < 1.29 is 14.6 Å². The van der Waals surface area contributed by atoms with Crippen LogP contribution in [0.15, 0.2) is 0 Å². The minimum Gasteiger partial charge on any atom is -0.467 e. The minimum absolute atomic E-state index is 1.06. The third-order valence-electron chi connectivity index (χ3n) is 0.512. The zero-order valence-corrected chi connectivity index (χ0v) is 4.42. The van der Waals surface area contributed by atoms with Crippen LogP contribution in [0.3, 0.4) is 0 Å². The summed E-state index contributed by atoms with van der Waals surface area (Å²) in [7, 11) is 5.72. The summed E-state index contributed by atoms with van der Waals surface area (Å²) in [5, 5.41) is 8.37. The van der Waals surface area contributed by atoms with Gasteiger partial charge in [0.2, 0.25) is 0 Å². The first-order chi connectivity index (χ1) is 3.48. The van der Waals surface area contributed by atoms with Crippen molar-refractivity contribution in [1.29, 1.82) is 0 Å². The van der Waals surface area contributed by atoms with Crippen LogP contribution in [0, 0.1) is 0 Å². The van der Waals surface area contributed by atoms with E-state index in [0.29, 0.717) is 0 Å². The van der Waals surface area contributed by atoms with Gasteiger partial charge in [-0.05, 0) is 0 Å². The van der Waals surface area contributed by atoms with Gasteiger partial charge in [-0.3, -0.25) is 0 Å². The molecule has 0 saturated carbocycles. The highest BCUT2D eigenvalue weighted by atomic mass is 16.5. The first-order valence-electron chi connectivity index (χ1n) is 1.87. The lowest BCUT2D eigenvalue weighted by molar-refractivity contribution is -0.153. The normalized spacial score (nSPS) is 16.9. The highest BCUT2D eigenvalue weighted by Gasteiger charge is 2.23. The van der Waals surface area contributed by atoms with Crippen LogP contribution in [-0.2, 0) is 9.53 Å². The number of nitrogens with two attached hydrogens (primary N) is 1. The smallest absolute Gasteiger partial charge is 0.342 e. The minimum atomic E-state index is -2.35. The average molecular weight is 115 g/mol. The van der Waals surface area contributed by atoms with Gasteiger partial charge in [0.25, 0.3) is 0 Å². The van der Waals surface area contributed by atoms with Gasteiger partial charge in [-0.2, -0.15) is 0 Å². The largest absolute Gasteiger partial charge is 0.467 e. The number of methoxy groups -OCH3 is 1. The Labute approximate surface area is 48.0 Å². The molecule has 0 aliphatic rings. The molecule has 44 valence electrons. The average Bonchev–Trinajstić information content (AvgIpc) is 1.62. The van der Waals surface area contributed by atoms with Crippen molar-refractivity contribution in [1.82, 2.24) is 0 Å². The summed E-state index contributed by atoms with van der Waals surface area (Å²) in [4.78, 5) is 10.1. The molecule has 1 unspecified atom stereocenters. The van der Waals surface area contributed by atoms with E-state index in [1.54, 1.807) is 0 Å². The van der Waals surface area contributed by atoms with E-state index in [2.05, 4.69) is 18.3 Å². The van der Waals surface area contributed by atoms with E-state index >= 15 is 0 Å². The van der Waals surface area contributed by atoms with Crippen molar-refractivity contribution in [2.75, 3.05) is 7.11 Å². The zero-order valence-electron chi connectivity index (χ0n) is 4.42. The van der Waals surface area contributed by atoms with Crippen molar-refractivity contribution in [2.24, 2.45) is 5.73 Å². The Hall–Kier alpha value is -0.545. The summed E-state index contributed by atoms with van der Waals surface area (Å²) >= 11 is 0. The Morgan fingerprint density at radius 1 is 2.00 bits per heavy atom. The lowest BCUT2D eigenvalue weighted by atomic mass is 9.93. The molecule has 0 spiro atoms. The zero-order chi connectivity index (χ0) is 6.78. The summed E-state index contributed by atoms with van der Waals surface area (Å²) < 4.78 is 3.98. The quantitative estimate of drug-likeness (QED) is 0.234. The van der Waals surface area contributed by atoms with Gasteiger partial charge in [-0.25, -0.2) is 4.79 Å². The second-order valence-corrected chi connectivity index (χ2v) is 1.32. The number of carbonyl (C=O) groups excluding carboxylic acids is 1. The molecule has 0 saturated heterocycles. The third-order valence-corrected chi connectivity index (χ3v) is 0.512. The van der Waals surface area contributed by atoms with Crippen LogP contribution in [-0.4, -0.2) is 31.7 Å². The Morgan fingerprint density at radius 2 is 2.38 bits per heavy atom. The molecule has 0 aromatic rings. The maximum atomic E-state index is 10.1. The number of hydrogen-bond acceptors (Lipinski definition) is 4. The molecule has 0 aromatic heterocycles. The molecule has 0 fully saturated rings. The van der Waals surface area contributed by atoms with Crippen LogP contribution < -0.4 is 5.73 Å². The van der Waals surface area contributed by atoms with Gasteiger partial charge < -0.3 is 15.6 Å². The lowest BCUT2D eigenvalue weighted by Gasteiger charge is -2.12. The molecule has 0 aliphatic carbocycles. The van der Waals surface area contributed by atoms with E-state index in [1.165, 1.54) is 0 Å². The Morgan fingerprint density at radius 3 is 2.38 bits per heavy atom. The topological polar surface area (TPSA) is 72.5 Å². The Bertz CT molecular complexity index is 97.2. The van der Waals surface area contributed by atoms with E-state index in [4.69, 9.17) is 5.11 Å². The number of hydrogen-bond donors (Lipinski definition) is 2. The monoisotopic (exact) mass is 115 g/mol. The summed E-state index contributed by atoms with van der Waals surface area (Å²) in [5.41, 5.74) is 2.30. The van der Waals surface area contributed by atoms with Gasteiger partial charge in [0.15, 0.2) is 13.5 Å². The van der Waals surface area contributed by atoms with Crippen molar-refractivity contribution in [3.05, 3.63) is 0 Å². The van der Waals surface area contributed by atoms with Crippen LogP contribution in [0.4, 0.5) is 0 Å². The van der Waals surface area contributed by atoms with Gasteiger partial charge in [-0.1, -0.05) is 0 Å². The van der Waals surface area contributed by atoms with Crippen LogP contribution in [0.25, 0.3) is 0 Å². The maximum Gasteiger partial charge on any atom is 0.342 e. The molecule has 0 heterocycles. The molecule has 1 atom stereocenters. The summed E-state index contributed by atoms with van der Waals surface area (Å²) in [5.74, 6) is -1.06. The fraction of sp³-hybridized carbons (Fsp3) is 0.667. The molecule has 0 rings (SSSR count). The number of aliphatic hydroxyl groups is 1. The van der Waals surface area contributed by atoms with Crippen molar-refractivity contribution in [3.8, 4) is 0 Å². The molecule has 5 heteroatoms. The van der Waals surface area contributed by atoms with Gasteiger partial charge in [-0.15, -0.1) is 0 Å². The van der Waals surface area contributed by atoms with Gasteiger partial charge >= 0.3 is 5.97 Å². The predicted octanol–water partition coefficient (Wildman–Crippen LogP) is -2.07. The van der Waals surface area contributed by atoms with Crippen LogP contribution in [0.2, 0.25) is 0 Å². The van der Waals surface area contributed by atoms with E-state index in [1.807, 2.05) is 0 Å². The SMILES string of the molecule is [B]C(N)(O)C(=O)OC. The van der Waals surface area contributed by atoms with E-state index in [9.17, 15) is 4.79 Å². The Kier molecular flexibility index (Phi) is 2.00. The molecule has 0 bridgehead atoms. The lowest BCUT2D eigenvalue weighted by Crippen LogP contribution is -2.49. The highest BCUT2D eigenvalue weighted by molar-refractivity contribution is 6.25. The molecule has 3 N–H and O–H groups in total. The molecule has 0 amide bonds. The van der Waals surface area contributed by atoms with Crippen LogP contribution >= 0.6 is 0 Å². The first-order valence-corrected chi connectivity index (χ1v) is 1.87. The van der Waals surface area contributed by atoms with Gasteiger partial charge in [0.05, 0.1) is 7.11 Å². The fourth-order valence-corrected chi connectivity index (χ4v) is 0.163. The van der Waals surface area contributed by atoms with E-state index in [-0.39, 0.29) is 0 Å². The first kappa shape index (κ1) is 7.45. The number of ether oxygens (including phenoxy) is 1. The summed E-state index contributed by atoms with van der Waals surface area (Å²) in [6, 6.07) is 0.